The third-order valence-electron chi connectivity index (χ3n) is 12.8. The van der Waals surface area contributed by atoms with E-state index in [1.165, 1.54) is 94.8 Å². The van der Waals surface area contributed by atoms with Gasteiger partial charge in [0.25, 0.3) is 6.71 Å². The summed E-state index contributed by atoms with van der Waals surface area (Å²) >= 11 is 0. The number of fused-ring (bicyclic) bond motifs is 4. The summed E-state index contributed by atoms with van der Waals surface area (Å²) in [5.41, 5.74) is 22.8. The van der Waals surface area contributed by atoms with Crippen molar-refractivity contribution in [1.82, 2.24) is 0 Å². The molecule has 63 heavy (non-hydrogen) atoms. The molecular weight excluding hydrogens is 759 g/mol. The van der Waals surface area contributed by atoms with E-state index in [9.17, 15) is 0 Å². The Labute approximate surface area is 369 Å². The van der Waals surface area contributed by atoms with Gasteiger partial charge in [-0.15, -0.1) is 0 Å². The van der Waals surface area contributed by atoms with Crippen molar-refractivity contribution in [3.8, 4) is 55.6 Å². The molecule has 3 heteroatoms. The van der Waals surface area contributed by atoms with Crippen LogP contribution in [0.5, 0.6) is 0 Å². The van der Waals surface area contributed by atoms with Crippen molar-refractivity contribution in [2.24, 2.45) is 0 Å². The number of para-hydroxylation sites is 1. The van der Waals surface area contributed by atoms with Gasteiger partial charge in [-0.25, -0.2) is 0 Å². The second-order valence-electron chi connectivity index (χ2n) is 16.5. The SMILES string of the molecule is c1ccc(-c2cc(-c3ccccc3)cc(N3c4ccccc4B4c5cc(-c6ccccc6)ccc5N(c5cc(-c6ccccc6)cc(-c6ccccc6)c5)c5cccc3c54)c2)cc1. The minimum atomic E-state index is -0.00429. The van der Waals surface area contributed by atoms with Gasteiger partial charge in [0.2, 0.25) is 0 Å². The first-order valence-electron chi connectivity index (χ1n) is 21.8. The molecule has 2 aliphatic heterocycles. The van der Waals surface area contributed by atoms with Gasteiger partial charge in [0, 0.05) is 34.1 Å². The van der Waals surface area contributed by atoms with Gasteiger partial charge in [-0.1, -0.05) is 188 Å². The standard InChI is InChI=1S/C60H41BN2/c1-6-19-42(20-7-1)47-33-34-57-55(41-47)61-54-29-16-17-30-56(54)62(52-37-48(43-21-8-2-9-22-43)35-49(38-52)44-23-10-3-11-24-44)58-31-18-32-59(60(58)61)63(57)53-39-50(45-25-12-4-13-26-45)36-51(40-53)46-27-14-5-15-28-46/h1-41H. The Morgan fingerprint density at radius 3 is 1.00 bits per heavy atom. The maximum atomic E-state index is 2.53. The molecule has 0 N–H and O–H groups in total. The summed E-state index contributed by atoms with van der Waals surface area (Å²) in [7, 11) is 0. The lowest BCUT2D eigenvalue weighted by molar-refractivity contribution is 1.25. The molecule has 10 aromatic rings. The summed E-state index contributed by atoms with van der Waals surface area (Å²) in [5, 5.41) is 0. The van der Waals surface area contributed by atoms with Crippen LogP contribution in [0.4, 0.5) is 34.1 Å². The minimum Gasteiger partial charge on any atom is -0.311 e. The van der Waals surface area contributed by atoms with Crippen LogP contribution >= 0.6 is 0 Å². The van der Waals surface area contributed by atoms with Crippen LogP contribution in [0.15, 0.2) is 249 Å². The second-order valence-corrected chi connectivity index (χ2v) is 16.5. The lowest BCUT2D eigenvalue weighted by Gasteiger charge is -2.44. The molecule has 0 saturated heterocycles. The van der Waals surface area contributed by atoms with Crippen molar-refractivity contribution in [2.45, 2.75) is 0 Å². The van der Waals surface area contributed by atoms with Gasteiger partial charge < -0.3 is 9.80 Å². The smallest absolute Gasteiger partial charge is 0.252 e. The zero-order chi connectivity index (χ0) is 41.7. The molecule has 0 bridgehead atoms. The quantitative estimate of drug-likeness (QED) is 0.148. The maximum absolute atomic E-state index is 2.53. The topological polar surface area (TPSA) is 6.48 Å². The molecule has 0 aliphatic carbocycles. The van der Waals surface area contributed by atoms with Crippen LogP contribution in [0, 0.1) is 0 Å². The predicted octanol–water partition coefficient (Wildman–Crippen LogP) is 14.1. The Kier molecular flexibility index (Phi) is 8.97. The molecule has 0 fully saturated rings. The summed E-state index contributed by atoms with van der Waals surface area (Å²) in [6, 6.07) is 91.2. The highest BCUT2D eigenvalue weighted by Crippen LogP contribution is 2.47. The van der Waals surface area contributed by atoms with Crippen molar-refractivity contribution in [3.05, 3.63) is 249 Å². The van der Waals surface area contributed by atoms with Gasteiger partial charge in [0.05, 0.1) is 0 Å². The Hall–Kier alpha value is -8.14. The van der Waals surface area contributed by atoms with Crippen molar-refractivity contribution in [1.29, 1.82) is 0 Å². The van der Waals surface area contributed by atoms with E-state index in [0.717, 1.165) is 11.4 Å². The van der Waals surface area contributed by atoms with E-state index in [0.29, 0.717) is 0 Å². The van der Waals surface area contributed by atoms with Crippen LogP contribution in [0.3, 0.4) is 0 Å². The maximum Gasteiger partial charge on any atom is 0.252 e. The monoisotopic (exact) mass is 800 g/mol. The van der Waals surface area contributed by atoms with Crippen LogP contribution in [-0.4, -0.2) is 6.71 Å². The van der Waals surface area contributed by atoms with E-state index in [-0.39, 0.29) is 6.71 Å². The highest BCUT2D eigenvalue weighted by molar-refractivity contribution is 7.00. The molecule has 10 aromatic carbocycles. The average molecular weight is 801 g/mol. The summed E-state index contributed by atoms with van der Waals surface area (Å²) in [4.78, 5) is 5.05. The summed E-state index contributed by atoms with van der Waals surface area (Å²) in [5.74, 6) is 0. The Bertz CT molecular complexity index is 3150. The van der Waals surface area contributed by atoms with E-state index in [2.05, 4.69) is 259 Å². The number of rotatable bonds is 7. The van der Waals surface area contributed by atoms with Gasteiger partial charge >= 0.3 is 0 Å². The Balaban J connectivity index is 1.14. The summed E-state index contributed by atoms with van der Waals surface area (Å²) in [6.45, 7) is -0.00429. The van der Waals surface area contributed by atoms with E-state index < -0.39 is 0 Å². The van der Waals surface area contributed by atoms with Gasteiger partial charge in [-0.3, -0.25) is 0 Å². The van der Waals surface area contributed by atoms with Crippen LogP contribution in [0.1, 0.15) is 0 Å². The molecule has 0 spiro atoms. The highest BCUT2D eigenvalue weighted by Gasteiger charge is 2.43. The molecule has 0 unspecified atom stereocenters. The largest absolute Gasteiger partial charge is 0.311 e. The van der Waals surface area contributed by atoms with Gasteiger partial charge in [-0.2, -0.15) is 0 Å². The van der Waals surface area contributed by atoms with E-state index >= 15 is 0 Å². The molecule has 0 atom stereocenters. The van der Waals surface area contributed by atoms with Crippen molar-refractivity contribution in [2.75, 3.05) is 9.80 Å². The molecule has 0 aromatic heterocycles. The fraction of sp³-hybridized carbons (Fsp3) is 0. The molecule has 12 rings (SSSR count). The zero-order valence-corrected chi connectivity index (χ0v) is 34.6. The second kappa shape index (κ2) is 15.4. The molecule has 2 nitrogen and oxygen atoms in total. The first kappa shape index (κ1) is 36.7. The third kappa shape index (κ3) is 6.45. The molecule has 294 valence electrons. The first-order valence-corrected chi connectivity index (χ1v) is 21.8. The first-order chi connectivity index (χ1) is 31.2. The molecule has 2 heterocycles. The molecule has 2 aliphatic rings. The Morgan fingerprint density at radius 2 is 0.571 bits per heavy atom. The van der Waals surface area contributed by atoms with E-state index in [4.69, 9.17) is 0 Å². The third-order valence-corrected chi connectivity index (χ3v) is 12.8. The Morgan fingerprint density at radius 1 is 0.222 bits per heavy atom. The number of hydrogen-bond acceptors (Lipinski definition) is 2. The van der Waals surface area contributed by atoms with Crippen molar-refractivity contribution in [3.63, 3.8) is 0 Å². The lowest BCUT2D eigenvalue weighted by Crippen LogP contribution is -2.61. The fourth-order valence-electron chi connectivity index (χ4n) is 9.93. The van der Waals surface area contributed by atoms with Gasteiger partial charge in [0.1, 0.15) is 0 Å². The van der Waals surface area contributed by atoms with Gasteiger partial charge in [0.15, 0.2) is 0 Å². The summed E-state index contributed by atoms with van der Waals surface area (Å²) in [6.07, 6.45) is 0. The fourth-order valence-corrected chi connectivity index (χ4v) is 9.93. The number of anilines is 6. The normalized spacial score (nSPS) is 12.3. The zero-order valence-electron chi connectivity index (χ0n) is 34.6. The molecule has 0 saturated carbocycles. The van der Waals surface area contributed by atoms with Gasteiger partial charge in [-0.05, 0) is 133 Å². The molecular formula is C60H41BN2. The average Bonchev–Trinajstić information content (AvgIpc) is 3.37. The highest BCUT2D eigenvalue weighted by atomic mass is 15.2. The minimum absolute atomic E-state index is 0.00429. The van der Waals surface area contributed by atoms with Crippen LogP contribution in [0.25, 0.3) is 55.6 Å². The number of hydrogen-bond donors (Lipinski definition) is 0. The molecule has 0 amide bonds. The molecule has 0 radical (unpaired) electrons. The van der Waals surface area contributed by atoms with E-state index in [1.54, 1.807) is 0 Å². The number of nitrogens with zero attached hydrogens (tertiary/aromatic N) is 2. The van der Waals surface area contributed by atoms with Crippen LogP contribution in [0.2, 0.25) is 0 Å². The van der Waals surface area contributed by atoms with Crippen LogP contribution < -0.4 is 26.2 Å². The predicted molar refractivity (Wildman–Crippen MR) is 268 cm³/mol. The van der Waals surface area contributed by atoms with Crippen molar-refractivity contribution < 1.29 is 0 Å². The van der Waals surface area contributed by atoms with Crippen molar-refractivity contribution >= 4 is 57.2 Å². The van der Waals surface area contributed by atoms with E-state index in [1.807, 2.05) is 0 Å². The number of benzene rings is 10. The lowest BCUT2D eigenvalue weighted by atomic mass is 9.33. The summed E-state index contributed by atoms with van der Waals surface area (Å²) < 4.78 is 0. The van der Waals surface area contributed by atoms with Crippen LogP contribution in [-0.2, 0) is 0 Å².